The largest absolute Gasteiger partial charge is 0.481 e. The maximum absolute atomic E-state index is 10.5. The number of hydrogen-bond donors (Lipinski definition) is 2. The molecule has 72 valence electrons. The summed E-state index contributed by atoms with van der Waals surface area (Å²) in [7, 11) is 0. The fourth-order valence-electron chi connectivity index (χ4n) is 1.15. The first-order valence-corrected chi connectivity index (χ1v) is 4.91. The molecule has 0 aliphatic rings. The third kappa shape index (κ3) is 2.78. The van der Waals surface area contributed by atoms with Crippen molar-refractivity contribution >= 4 is 17.3 Å². The molecule has 2 unspecified atom stereocenters. The van der Waals surface area contributed by atoms with Crippen molar-refractivity contribution in [2.75, 3.05) is 0 Å². The van der Waals surface area contributed by atoms with Crippen molar-refractivity contribution in [3.63, 3.8) is 0 Å². The fourth-order valence-corrected chi connectivity index (χ4v) is 1.77. The minimum atomic E-state index is -0.838. The first-order chi connectivity index (χ1) is 6.11. The van der Waals surface area contributed by atoms with E-state index in [-0.39, 0.29) is 18.4 Å². The van der Waals surface area contributed by atoms with Crippen LogP contribution in [-0.2, 0) is 4.79 Å². The zero-order chi connectivity index (χ0) is 9.84. The van der Waals surface area contributed by atoms with Crippen LogP contribution in [-0.4, -0.2) is 22.1 Å². The van der Waals surface area contributed by atoms with Crippen LogP contribution >= 0.6 is 11.3 Å². The van der Waals surface area contributed by atoms with Crippen LogP contribution in [0.15, 0.2) is 10.9 Å². The highest BCUT2D eigenvalue weighted by molar-refractivity contribution is 7.07. The Hall–Kier alpha value is -0.940. The molecule has 0 amide bonds. The van der Waals surface area contributed by atoms with Gasteiger partial charge in [0, 0.05) is 17.3 Å². The molecule has 13 heavy (non-hydrogen) atoms. The van der Waals surface area contributed by atoms with Crippen molar-refractivity contribution in [3.8, 4) is 0 Å². The molecule has 0 aliphatic heterocycles. The van der Waals surface area contributed by atoms with E-state index in [1.807, 2.05) is 5.38 Å². The van der Waals surface area contributed by atoms with Gasteiger partial charge in [0.05, 0.1) is 17.6 Å². The SMILES string of the molecule is CC(N)C(CC(=O)O)c1cscn1. The lowest BCUT2D eigenvalue weighted by Crippen LogP contribution is -2.27. The minimum Gasteiger partial charge on any atom is -0.481 e. The molecular formula is C8H12N2O2S. The lowest BCUT2D eigenvalue weighted by Gasteiger charge is -2.15. The van der Waals surface area contributed by atoms with Gasteiger partial charge in [-0.2, -0.15) is 0 Å². The van der Waals surface area contributed by atoms with Crippen molar-refractivity contribution in [2.24, 2.45) is 5.73 Å². The van der Waals surface area contributed by atoms with Crippen molar-refractivity contribution in [1.29, 1.82) is 0 Å². The molecule has 0 radical (unpaired) electrons. The van der Waals surface area contributed by atoms with Gasteiger partial charge in [0.2, 0.25) is 0 Å². The molecule has 0 saturated heterocycles. The summed E-state index contributed by atoms with van der Waals surface area (Å²) in [5.41, 5.74) is 8.14. The zero-order valence-corrected chi connectivity index (χ0v) is 8.12. The minimum absolute atomic E-state index is 0.0431. The third-order valence-electron chi connectivity index (χ3n) is 1.86. The van der Waals surface area contributed by atoms with E-state index in [0.717, 1.165) is 5.69 Å². The molecule has 0 bridgehead atoms. The molecule has 4 nitrogen and oxygen atoms in total. The number of carbonyl (C=O) groups is 1. The van der Waals surface area contributed by atoms with Crippen LogP contribution in [0.25, 0.3) is 0 Å². The standard InChI is InChI=1S/C8H12N2O2S/c1-5(9)6(2-8(11)12)7-3-13-4-10-7/h3-6H,2,9H2,1H3,(H,11,12). The molecule has 3 N–H and O–H groups in total. The van der Waals surface area contributed by atoms with Gasteiger partial charge in [0.25, 0.3) is 0 Å². The topological polar surface area (TPSA) is 76.2 Å². The van der Waals surface area contributed by atoms with Gasteiger partial charge in [-0.05, 0) is 6.92 Å². The number of aromatic nitrogens is 1. The molecule has 0 spiro atoms. The molecule has 0 aromatic carbocycles. The summed E-state index contributed by atoms with van der Waals surface area (Å²) in [5, 5.41) is 10.5. The number of carboxylic acid groups (broad SMARTS) is 1. The summed E-state index contributed by atoms with van der Waals surface area (Å²) < 4.78 is 0. The molecule has 5 heteroatoms. The Morgan fingerprint density at radius 1 is 1.85 bits per heavy atom. The molecule has 2 atom stereocenters. The van der Waals surface area contributed by atoms with Crippen LogP contribution in [0.3, 0.4) is 0 Å². The quantitative estimate of drug-likeness (QED) is 0.761. The number of thiazole rings is 1. The van der Waals surface area contributed by atoms with Gasteiger partial charge in [-0.25, -0.2) is 4.98 Å². The van der Waals surface area contributed by atoms with Gasteiger partial charge in [0.15, 0.2) is 0 Å². The molecule has 1 rings (SSSR count). The van der Waals surface area contributed by atoms with E-state index in [4.69, 9.17) is 10.8 Å². The Bertz CT molecular complexity index is 272. The Morgan fingerprint density at radius 2 is 2.54 bits per heavy atom. The second-order valence-corrected chi connectivity index (χ2v) is 3.70. The van der Waals surface area contributed by atoms with Crippen molar-refractivity contribution < 1.29 is 9.90 Å². The molecule has 1 aromatic heterocycles. The van der Waals surface area contributed by atoms with Crippen LogP contribution < -0.4 is 5.73 Å². The van der Waals surface area contributed by atoms with Gasteiger partial charge in [-0.1, -0.05) is 0 Å². The van der Waals surface area contributed by atoms with Crippen molar-refractivity contribution in [3.05, 3.63) is 16.6 Å². The van der Waals surface area contributed by atoms with E-state index in [2.05, 4.69) is 4.98 Å². The zero-order valence-electron chi connectivity index (χ0n) is 7.30. The normalized spacial score (nSPS) is 15.2. The van der Waals surface area contributed by atoms with Crippen LogP contribution in [0.2, 0.25) is 0 Å². The average molecular weight is 200 g/mol. The third-order valence-corrected chi connectivity index (χ3v) is 2.47. The summed E-state index contributed by atoms with van der Waals surface area (Å²) >= 11 is 1.45. The number of carboxylic acids is 1. The van der Waals surface area contributed by atoms with Gasteiger partial charge >= 0.3 is 5.97 Å². The number of nitrogens with zero attached hydrogens (tertiary/aromatic N) is 1. The molecule has 1 aromatic rings. The summed E-state index contributed by atoms with van der Waals surface area (Å²) in [4.78, 5) is 14.6. The highest BCUT2D eigenvalue weighted by Gasteiger charge is 2.20. The van der Waals surface area contributed by atoms with Crippen LogP contribution in [0.5, 0.6) is 0 Å². The van der Waals surface area contributed by atoms with Crippen LogP contribution in [0, 0.1) is 0 Å². The maximum atomic E-state index is 10.5. The summed E-state index contributed by atoms with van der Waals surface area (Å²) in [6.45, 7) is 1.80. The Kier molecular flexibility index (Phi) is 3.39. The maximum Gasteiger partial charge on any atom is 0.304 e. The van der Waals surface area contributed by atoms with Crippen molar-refractivity contribution in [1.82, 2.24) is 4.98 Å². The smallest absolute Gasteiger partial charge is 0.304 e. The van der Waals surface area contributed by atoms with E-state index in [0.29, 0.717) is 0 Å². The lowest BCUT2D eigenvalue weighted by molar-refractivity contribution is -0.137. The second kappa shape index (κ2) is 4.34. The van der Waals surface area contributed by atoms with E-state index in [1.54, 1.807) is 12.4 Å². The first kappa shape index (κ1) is 10.1. The molecule has 0 aliphatic carbocycles. The van der Waals surface area contributed by atoms with Gasteiger partial charge in [-0.3, -0.25) is 4.79 Å². The molecule has 1 heterocycles. The predicted octanol–water partition coefficient (Wildman–Crippen LogP) is 1.05. The van der Waals surface area contributed by atoms with E-state index < -0.39 is 5.97 Å². The van der Waals surface area contributed by atoms with Crippen LogP contribution in [0.1, 0.15) is 25.0 Å². The number of nitrogens with two attached hydrogens (primary N) is 1. The summed E-state index contributed by atoms with van der Waals surface area (Å²) in [6, 6.07) is -0.182. The number of rotatable bonds is 4. The van der Waals surface area contributed by atoms with Crippen molar-refractivity contribution in [2.45, 2.75) is 25.3 Å². The van der Waals surface area contributed by atoms with Gasteiger partial charge in [-0.15, -0.1) is 11.3 Å². The lowest BCUT2D eigenvalue weighted by atomic mass is 9.95. The second-order valence-electron chi connectivity index (χ2n) is 2.98. The Labute approximate surface area is 80.4 Å². The van der Waals surface area contributed by atoms with E-state index >= 15 is 0 Å². The van der Waals surface area contributed by atoms with Gasteiger partial charge < -0.3 is 10.8 Å². The Balaban J connectivity index is 2.74. The monoisotopic (exact) mass is 200 g/mol. The number of hydrogen-bond acceptors (Lipinski definition) is 4. The number of aliphatic carboxylic acids is 1. The summed E-state index contributed by atoms with van der Waals surface area (Å²) in [6.07, 6.45) is 0.0431. The first-order valence-electron chi connectivity index (χ1n) is 3.96. The molecular weight excluding hydrogens is 188 g/mol. The van der Waals surface area contributed by atoms with Gasteiger partial charge in [0.1, 0.15) is 0 Å². The van der Waals surface area contributed by atoms with Crippen LogP contribution in [0.4, 0.5) is 0 Å². The summed E-state index contributed by atoms with van der Waals surface area (Å²) in [5.74, 6) is -1.01. The predicted molar refractivity (Wildman–Crippen MR) is 50.8 cm³/mol. The molecule has 0 saturated carbocycles. The average Bonchev–Trinajstić information content (AvgIpc) is 2.50. The van der Waals surface area contributed by atoms with E-state index in [9.17, 15) is 4.79 Å². The fraction of sp³-hybridized carbons (Fsp3) is 0.500. The van der Waals surface area contributed by atoms with E-state index in [1.165, 1.54) is 11.3 Å². The highest BCUT2D eigenvalue weighted by atomic mass is 32.1. The Morgan fingerprint density at radius 3 is 2.92 bits per heavy atom. The molecule has 0 fully saturated rings. The highest BCUT2D eigenvalue weighted by Crippen LogP contribution is 2.22.